The highest BCUT2D eigenvalue weighted by Gasteiger charge is 2.29. The van der Waals surface area contributed by atoms with Gasteiger partial charge in [-0.25, -0.2) is 4.79 Å². The van der Waals surface area contributed by atoms with Gasteiger partial charge in [-0.3, -0.25) is 4.72 Å². The third-order valence-corrected chi connectivity index (χ3v) is 3.55. The molecule has 0 radical (unpaired) electrons. The zero-order valence-corrected chi connectivity index (χ0v) is 12.4. The van der Waals surface area contributed by atoms with Gasteiger partial charge in [0.05, 0.1) is 5.56 Å². The maximum Gasteiger partial charge on any atom is 0.416 e. The first-order valence-corrected chi connectivity index (χ1v) is 7.14. The van der Waals surface area contributed by atoms with Crippen LogP contribution in [0.25, 0.3) is 0 Å². The van der Waals surface area contributed by atoms with E-state index in [0.717, 1.165) is 34.5 Å². The predicted molar refractivity (Wildman–Crippen MR) is 80.6 cm³/mol. The first kappa shape index (κ1) is 16.2. The summed E-state index contributed by atoms with van der Waals surface area (Å²) < 4.78 is 39.8. The van der Waals surface area contributed by atoms with Crippen LogP contribution in [0.15, 0.2) is 53.4 Å². The van der Waals surface area contributed by atoms with E-state index in [1.54, 1.807) is 0 Å². The first-order chi connectivity index (χ1) is 10.3. The number of amides is 2. The molecule has 7 heteroatoms. The number of hydrogen-bond acceptors (Lipinski definition) is 2. The number of hydrogen-bond donors (Lipinski definition) is 2. The number of aryl methyl sites for hydroxylation is 1. The summed E-state index contributed by atoms with van der Waals surface area (Å²) in [5.74, 6) is 0. The van der Waals surface area contributed by atoms with Crippen LogP contribution in [0, 0.1) is 6.92 Å². The minimum Gasteiger partial charge on any atom is -0.307 e. The Labute approximate surface area is 130 Å². The van der Waals surface area contributed by atoms with E-state index >= 15 is 0 Å². The summed E-state index contributed by atoms with van der Waals surface area (Å²) in [7, 11) is 0. The molecule has 0 spiro atoms. The van der Waals surface area contributed by atoms with Gasteiger partial charge in [-0.15, -0.1) is 0 Å². The minimum absolute atomic E-state index is 0.287. The molecule has 2 rings (SSSR count). The zero-order chi connectivity index (χ0) is 16.2. The van der Waals surface area contributed by atoms with Gasteiger partial charge < -0.3 is 5.32 Å². The van der Waals surface area contributed by atoms with Crippen LogP contribution in [-0.2, 0) is 6.18 Å². The number of alkyl halides is 3. The highest BCUT2D eigenvalue weighted by atomic mass is 32.2. The Morgan fingerprint density at radius 3 is 2.14 bits per heavy atom. The minimum atomic E-state index is -4.39. The molecule has 0 aliphatic rings. The monoisotopic (exact) mass is 326 g/mol. The number of carbonyl (C=O) groups is 1. The van der Waals surface area contributed by atoms with Crippen LogP contribution < -0.4 is 10.0 Å². The summed E-state index contributed by atoms with van der Waals surface area (Å²) in [5.41, 5.74) is 0.640. The van der Waals surface area contributed by atoms with E-state index in [9.17, 15) is 18.0 Å². The molecule has 116 valence electrons. The summed E-state index contributed by atoms with van der Waals surface area (Å²) in [4.78, 5) is 12.5. The second kappa shape index (κ2) is 6.74. The largest absolute Gasteiger partial charge is 0.416 e. The molecule has 2 amide bonds. The first-order valence-electron chi connectivity index (χ1n) is 6.32. The van der Waals surface area contributed by atoms with E-state index in [4.69, 9.17) is 0 Å². The van der Waals surface area contributed by atoms with Crippen LogP contribution in [0.1, 0.15) is 11.1 Å². The van der Waals surface area contributed by atoms with E-state index in [1.807, 2.05) is 31.2 Å². The van der Waals surface area contributed by atoms with Gasteiger partial charge >= 0.3 is 12.2 Å². The lowest BCUT2D eigenvalue weighted by molar-refractivity contribution is -0.137. The normalized spacial score (nSPS) is 11.1. The maximum atomic E-state index is 12.4. The molecule has 0 aliphatic carbocycles. The zero-order valence-electron chi connectivity index (χ0n) is 11.6. The van der Waals surface area contributed by atoms with Crippen LogP contribution >= 0.6 is 11.9 Å². The van der Waals surface area contributed by atoms with Gasteiger partial charge in [0, 0.05) is 10.6 Å². The van der Waals surface area contributed by atoms with Crippen LogP contribution in [0.3, 0.4) is 0 Å². The van der Waals surface area contributed by atoms with Crippen molar-refractivity contribution in [3.63, 3.8) is 0 Å². The van der Waals surface area contributed by atoms with Crippen molar-refractivity contribution in [2.45, 2.75) is 18.0 Å². The van der Waals surface area contributed by atoms with Crippen LogP contribution in [0.4, 0.5) is 23.7 Å². The average molecular weight is 326 g/mol. The number of carbonyl (C=O) groups excluding carboxylic acids is 1. The summed E-state index contributed by atoms with van der Waals surface area (Å²) in [5, 5.41) is 2.46. The van der Waals surface area contributed by atoms with Gasteiger partial charge in [0.15, 0.2) is 0 Å². The number of benzene rings is 2. The Hall–Kier alpha value is -2.15. The summed E-state index contributed by atoms with van der Waals surface area (Å²) in [6, 6.07) is 11.3. The molecule has 0 unspecified atom stereocenters. The highest BCUT2D eigenvalue weighted by molar-refractivity contribution is 7.98. The second-order valence-electron chi connectivity index (χ2n) is 4.55. The van der Waals surface area contributed by atoms with Gasteiger partial charge in [0.1, 0.15) is 0 Å². The van der Waals surface area contributed by atoms with Gasteiger partial charge in [-0.05, 0) is 55.3 Å². The van der Waals surface area contributed by atoms with E-state index < -0.39 is 17.8 Å². The molecule has 0 saturated heterocycles. The summed E-state index contributed by atoms with van der Waals surface area (Å²) >= 11 is 1.12. The molecule has 0 atom stereocenters. The molecule has 2 aromatic rings. The van der Waals surface area contributed by atoms with Crippen molar-refractivity contribution >= 4 is 23.7 Å². The topological polar surface area (TPSA) is 41.1 Å². The third kappa shape index (κ3) is 4.70. The average Bonchev–Trinajstić information content (AvgIpc) is 2.46. The van der Waals surface area contributed by atoms with Crippen LogP contribution in [0.5, 0.6) is 0 Å². The van der Waals surface area contributed by atoms with Crippen LogP contribution in [-0.4, -0.2) is 6.03 Å². The van der Waals surface area contributed by atoms with Crippen molar-refractivity contribution in [3.05, 3.63) is 59.7 Å². The standard InChI is InChI=1S/C15H13F3N2OS/c1-10-2-8-13(9-3-10)22-20-14(21)19-12-6-4-11(5-7-12)15(16,17)18/h2-9H,1H3,(H2,19,20,21). The summed E-state index contributed by atoms with van der Waals surface area (Å²) in [6.07, 6.45) is -4.39. The van der Waals surface area contributed by atoms with Gasteiger partial charge in [0.25, 0.3) is 0 Å². The molecule has 0 aromatic heterocycles. The van der Waals surface area contributed by atoms with Gasteiger partial charge in [-0.2, -0.15) is 13.2 Å². The van der Waals surface area contributed by atoms with E-state index in [0.29, 0.717) is 0 Å². The molecule has 0 bridgehead atoms. The van der Waals surface area contributed by atoms with Crippen molar-refractivity contribution in [3.8, 4) is 0 Å². The molecular formula is C15H13F3N2OS. The fourth-order valence-electron chi connectivity index (χ4n) is 1.61. The lowest BCUT2D eigenvalue weighted by atomic mass is 10.2. The quantitative estimate of drug-likeness (QED) is 0.792. The molecule has 0 heterocycles. The number of nitrogens with one attached hydrogen (secondary N) is 2. The smallest absolute Gasteiger partial charge is 0.307 e. The lowest BCUT2D eigenvalue weighted by Gasteiger charge is -2.09. The molecule has 3 nitrogen and oxygen atoms in total. The fraction of sp³-hybridized carbons (Fsp3) is 0.133. The molecule has 2 aromatic carbocycles. The summed E-state index contributed by atoms with van der Waals surface area (Å²) in [6.45, 7) is 1.96. The number of rotatable bonds is 3. The number of anilines is 1. The molecule has 2 N–H and O–H groups in total. The molecule has 0 saturated carbocycles. The molecule has 22 heavy (non-hydrogen) atoms. The Kier molecular flexibility index (Phi) is 4.97. The second-order valence-corrected chi connectivity index (χ2v) is 5.43. The van der Waals surface area contributed by atoms with E-state index in [1.165, 1.54) is 12.1 Å². The highest BCUT2D eigenvalue weighted by Crippen LogP contribution is 2.29. The van der Waals surface area contributed by atoms with Crippen molar-refractivity contribution in [1.29, 1.82) is 0 Å². The van der Waals surface area contributed by atoms with Crippen molar-refractivity contribution < 1.29 is 18.0 Å². The Balaban J connectivity index is 1.88. The fourth-order valence-corrected chi connectivity index (χ4v) is 2.14. The predicted octanol–water partition coefficient (Wildman–Crippen LogP) is 4.84. The van der Waals surface area contributed by atoms with E-state index in [2.05, 4.69) is 10.0 Å². The number of halogens is 3. The third-order valence-electron chi connectivity index (χ3n) is 2.75. The Bertz CT molecular complexity index is 639. The van der Waals surface area contributed by atoms with Crippen molar-refractivity contribution in [1.82, 2.24) is 4.72 Å². The molecule has 0 fully saturated rings. The Morgan fingerprint density at radius 1 is 1.00 bits per heavy atom. The van der Waals surface area contributed by atoms with Crippen LogP contribution in [0.2, 0.25) is 0 Å². The SMILES string of the molecule is Cc1ccc(SNC(=O)Nc2ccc(C(F)(F)F)cc2)cc1. The van der Waals surface area contributed by atoms with Gasteiger partial charge in [0.2, 0.25) is 0 Å². The number of urea groups is 1. The maximum absolute atomic E-state index is 12.4. The molecular weight excluding hydrogens is 313 g/mol. The van der Waals surface area contributed by atoms with Gasteiger partial charge in [-0.1, -0.05) is 17.7 Å². The van der Waals surface area contributed by atoms with Crippen molar-refractivity contribution in [2.75, 3.05) is 5.32 Å². The Morgan fingerprint density at radius 2 is 1.59 bits per heavy atom. The molecule has 0 aliphatic heterocycles. The lowest BCUT2D eigenvalue weighted by Crippen LogP contribution is -2.22. The van der Waals surface area contributed by atoms with Crippen molar-refractivity contribution in [2.24, 2.45) is 0 Å². The van der Waals surface area contributed by atoms with E-state index in [-0.39, 0.29) is 5.69 Å².